The van der Waals surface area contributed by atoms with E-state index in [1.54, 1.807) is 50.6 Å². The van der Waals surface area contributed by atoms with E-state index in [9.17, 15) is 9.59 Å². The van der Waals surface area contributed by atoms with Crippen molar-refractivity contribution in [2.24, 2.45) is 0 Å². The number of nitrogens with zero attached hydrogens (tertiary/aromatic N) is 4. The second-order valence-electron chi connectivity index (χ2n) is 6.27. The average Bonchev–Trinajstić information content (AvgIpc) is 3.25. The summed E-state index contributed by atoms with van der Waals surface area (Å²) in [4.78, 5) is 24.8. The number of carbonyl (C=O) groups excluding carboxylic acids is 1. The van der Waals surface area contributed by atoms with Crippen LogP contribution in [0.25, 0.3) is 22.3 Å². The monoisotopic (exact) mass is 423 g/mol. The predicted molar refractivity (Wildman–Crippen MR) is 113 cm³/mol. The number of nitrogens with one attached hydrogen (secondary N) is 1. The van der Waals surface area contributed by atoms with Gasteiger partial charge in [0, 0.05) is 11.6 Å². The maximum absolute atomic E-state index is 12.5. The summed E-state index contributed by atoms with van der Waals surface area (Å²) in [7, 11) is 3.09. The van der Waals surface area contributed by atoms with Crippen molar-refractivity contribution in [1.29, 1.82) is 0 Å². The summed E-state index contributed by atoms with van der Waals surface area (Å²) in [6.45, 7) is -0.242. The molecule has 0 radical (unpaired) electrons. The molecule has 4 rings (SSSR count). The lowest BCUT2D eigenvalue weighted by Crippen LogP contribution is -2.29. The summed E-state index contributed by atoms with van der Waals surface area (Å²) in [6.07, 6.45) is 0. The molecule has 0 atom stereocenters. The average molecular weight is 423 g/mol. The van der Waals surface area contributed by atoms with Crippen molar-refractivity contribution in [3.05, 3.63) is 58.9 Å². The van der Waals surface area contributed by atoms with Gasteiger partial charge in [-0.05, 0) is 36.4 Å². The Kier molecular flexibility index (Phi) is 5.40. The third-order valence-corrected chi connectivity index (χ3v) is 4.94. The van der Waals surface area contributed by atoms with Crippen molar-refractivity contribution < 1.29 is 14.3 Å². The minimum atomic E-state index is -0.394. The van der Waals surface area contributed by atoms with Gasteiger partial charge in [0.1, 0.15) is 17.6 Å². The number of fused-ring (bicyclic) bond motifs is 1. The molecule has 0 bridgehead atoms. The number of hydrogen-bond acceptors (Lipinski definition) is 8. The number of aromatic nitrogens is 4. The van der Waals surface area contributed by atoms with Gasteiger partial charge in [-0.25, -0.2) is 4.68 Å². The third kappa shape index (κ3) is 3.85. The van der Waals surface area contributed by atoms with Gasteiger partial charge in [0.2, 0.25) is 5.91 Å². The number of rotatable bonds is 6. The first-order chi connectivity index (χ1) is 14.6. The highest BCUT2D eigenvalue weighted by molar-refractivity contribution is 7.00. The fraction of sp³-hybridized carbons (Fsp3) is 0.150. The number of carbonyl (C=O) groups is 1. The fourth-order valence-corrected chi connectivity index (χ4v) is 3.49. The molecule has 0 saturated heterocycles. The molecule has 2 aromatic carbocycles. The first-order valence-corrected chi connectivity index (χ1v) is 9.64. The van der Waals surface area contributed by atoms with E-state index in [0.29, 0.717) is 33.9 Å². The zero-order chi connectivity index (χ0) is 21.1. The molecule has 0 unspecified atom stereocenters. The van der Waals surface area contributed by atoms with Crippen LogP contribution < -0.4 is 20.3 Å². The van der Waals surface area contributed by atoms with Gasteiger partial charge in [-0.15, -0.1) is 0 Å². The van der Waals surface area contributed by atoms with Gasteiger partial charge < -0.3 is 14.8 Å². The van der Waals surface area contributed by atoms with Crippen molar-refractivity contribution in [2.45, 2.75) is 6.54 Å². The molecule has 0 aliphatic carbocycles. The molecule has 0 aliphatic rings. The van der Waals surface area contributed by atoms with Crippen molar-refractivity contribution in [3.63, 3.8) is 0 Å². The first-order valence-electron chi connectivity index (χ1n) is 8.91. The number of anilines is 1. The Morgan fingerprint density at radius 3 is 2.70 bits per heavy atom. The molecule has 2 aromatic heterocycles. The molecule has 0 spiro atoms. The molecule has 4 aromatic rings. The number of ether oxygens (including phenoxy) is 2. The van der Waals surface area contributed by atoms with E-state index in [1.807, 2.05) is 6.07 Å². The Balaban J connectivity index is 1.58. The van der Waals surface area contributed by atoms with E-state index >= 15 is 0 Å². The van der Waals surface area contributed by atoms with Gasteiger partial charge in [-0.1, -0.05) is 6.07 Å². The highest BCUT2D eigenvalue weighted by atomic mass is 32.1. The minimum absolute atomic E-state index is 0.242. The SMILES string of the molecule is COc1ccc(-c2ccc(=O)n(CC(=O)Nc3cccc4nsnc34)n2)cc1OC. The summed E-state index contributed by atoms with van der Waals surface area (Å²) >= 11 is 1.07. The lowest BCUT2D eigenvalue weighted by Gasteiger charge is -2.11. The van der Waals surface area contributed by atoms with Crippen LogP contribution in [0.1, 0.15) is 0 Å². The number of hydrogen-bond donors (Lipinski definition) is 1. The van der Waals surface area contributed by atoms with E-state index in [-0.39, 0.29) is 12.1 Å². The van der Waals surface area contributed by atoms with Crippen molar-refractivity contribution >= 4 is 34.4 Å². The minimum Gasteiger partial charge on any atom is -0.493 e. The van der Waals surface area contributed by atoms with Crippen LogP contribution in [-0.4, -0.2) is 38.7 Å². The Bertz CT molecular complexity index is 1280. The molecule has 2 heterocycles. The van der Waals surface area contributed by atoms with Crippen LogP contribution in [0.3, 0.4) is 0 Å². The molecule has 30 heavy (non-hydrogen) atoms. The second-order valence-corrected chi connectivity index (χ2v) is 6.80. The number of amides is 1. The summed E-state index contributed by atoms with van der Waals surface area (Å²) in [5.74, 6) is 0.728. The normalized spacial score (nSPS) is 10.7. The van der Waals surface area contributed by atoms with Crippen LogP contribution in [-0.2, 0) is 11.3 Å². The Morgan fingerprint density at radius 2 is 1.90 bits per heavy atom. The largest absolute Gasteiger partial charge is 0.493 e. The predicted octanol–water partition coefficient (Wildman–Crippen LogP) is 2.57. The van der Waals surface area contributed by atoms with Gasteiger partial charge >= 0.3 is 0 Å². The van der Waals surface area contributed by atoms with Crippen molar-refractivity contribution in [3.8, 4) is 22.8 Å². The van der Waals surface area contributed by atoms with Gasteiger partial charge in [-0.2, -0.15) is 13.8 Å². The lowest BCUT2D eigenvalue weighted by molar-refractivity contribution is -0.117. The summed E-state index contributed by atoms with van der Waals surface area (Å²) < 4.78 is 20.0. The second kappa shape index (κ2) is 8.29. The highest BCUT2D eigenvalue weighted by Gasteiger charge is 2.13. The Morgan fingerprint density at radius 1 is 1.07 bits per heavy atom. The van der Waals surface area contributed by atoms with Crippen LogP contribution >= 0.6 is 11.7 Å². The van der Waals surface area contributed by atoms with E-state index in [0.717, 1.165) is 22.0 Å². The summed E-state index contributed by atoms with van der Waals surface area (Å²) in [6, 6.07) is 13.6. The maximum Gasteiger partial charge on any atom is 0.267 e. The maximum atomic E-state index is 12.5. The van der Waals surface area contributed by atoms with Crippen LogP contribution in [0, 0.1) is 0 Å². The smallest absolute Gasteiger partial charge is 0.267 e. The number of methoxy groups -OCH3 is 2. The molecule has 0 fully saturated rings. The zero-order valence-corrected chi connectivity index (χ0v) is 17.0. The molecule has 1 amide bonds. The molecule has 9 nitrogen and oxygen atoms in total. The summed E-state index contributed by atoms with van der Waals surface area (Å²) in [5.41, 5.74) is 2.70. The quantitative estimate of drug-likeness (QED) is 0.508. The topological polar surface area (TPSA) is 108 Å². The van der Waals surface area contributed by atoms with E-state index in [4.69, 9.17) is 9.47 Å². The molecule has 152 valence electrons. The van der Waals surface area contributed by atoms with Gasteiger partial charge in [-0.3, -0.25) is 9.59 Å². The Labute approximate surface area is 175 Å². The van der Waals surface area contributed by atoms with Crippen LogP contribution in [0.5, 0.6) is 11.5 Å². The van der Waals surface area contributed by atoms with Gasteiger partial charge in [0.05, 0.1) is 37.3 Å². The van der Waals surface area contributed by atoms with Crippen LogP contribution in [0.2, 0.25) is 0 Å². The molecule has 0 saturated carbocycles. The van der Waals surface area contributed by atoms with Crippen molar-refractivity contribution in [2.75, 3.05) is 19.5 Å². The zero-order valence-electron chi connectivity index (χ0n) is 16.2. The molecule has 10 heteroatoms. The molecule has 0 aliphatic heterocycles. The molecule has 1 N–H and O–H groups in total. The van der Waals surface area contributed by atoms with Crippen LogP contribution in [0.15, 0.2) is 53.3 Å². The van der Waals surface area contributed by atoms with E-state index in [1.165, 1.54) is 6.07 Å². The van der Waals surface area contributed by atoms with Gasteiger partial charge in [0.15, 0.2) is 11.5 Å². The highest BCUT2D eigenvalue weighted by Crippen LogP contribution is 2.31. The van der Waals surface area contributed by atoms with Crippen LogP contribution in [0.4, 0.5) is 5.69 Å². The fourth-order valence-electron chi connectivity index (χ4n) is 2.94. The summed E-state index contributed by atoms with van der Waals surface area (Å²) in [5, 5.41) is 7.10. The van der Waals surface area contributed by atoms with Gasteiger partial charge in [0.25, 0.3) is 5.56 Å². The molecular weight excluding hydrogens is 406 g/mol. The first kappa shape index (κ1) is 19.5. The van der Waals surface area contributed by atoms with Crippen molar-refractivity contribution in [1.82, 2.24) is 18.5 Å². The van der Waals surface area contributed by atoms with E-state index in [2.05, 4.69) is 19.2 Å². The molecular formula is C20H17N5O4S. The third-order valence-electron chi connectivity index (χ3n) is 4.40. The number of benzene rings is 2. The lowest BCUT2D eigenvalue weighted by atomic mass is 10.1. The Hall–Kier alpha value is -3.79. The standard InChI is InChI=1S/C20H17N5O4S/c1-28-16-8-6-12(10-17(16)29-2)13-7-9-19(27)25(22-13)11-18(26)21-14-4-3-5-15-20(14)24-30-23-15/h3-10H,11H2,1-2H3,(H,21,26). The van der Waals surface area contributed by atoms with E-state index < -0.39 is 5.91 Å².